The van der Waals surface area contributed by atoms with Crippen LogP contribution in [0, 0.1) is 0 Å². The van der Waals surface area contributed by atoms with E-state index in [-0.39, 0.29) is 24.7 Å². The van der Waals surface area contributed by atoms with Crippen LogP contribution in [0.1, 0.15) is 29.7 Å². The van der Waals surface area contributed by atoms with Gasteiger partial charge >= 0.3 is 12.1 Å². The number of carbonyl (C=O) groups is 2. The molecule has 1 heterocycles. The van der Waals surface area contributed by atoms with Crippen LogP contribution in [0.4, 0.5) is 4.79 Å². The van der Waals surface area contributed by atoms with E-state index in [0.29, 0.717) is 23.6 Å². The Hall–Kier alpha value is -3.32. The second kappa shape index (κ2) is 9.44. The Balaban J connectivity index is 1.56. The average molecular weight is 496 g/mol. The van der Waals surface area contributed by atoms with Crippen molar-refractivity contribution in [3.8, 4) is 11.5 Å². The molecule has 1 amide bonds. The maximum absolute atomic E-state index is 12.7. The van der Waals surface area contributed by atoms with E-state index in [1.807, 2.05) is 55.5 Å². The standard InChI is InChI=1S/C25H22BrNO5/c1-16-24(18-7-3-2-4-8-18)32-25(30)27(16)15-19-14-20(26)10-11-22(19)31-21-9-5-6-17(12-21)13-23(28)29/h2-12,14,16,24H,13,15H2,1H3,(H,28,29). The monoisotopic (exact) mass is 495 g/mol. The molecular formula is C25H22BrNO5. The summed E-state index contributed by atoms with van der Waals surface area (Å²) in [6, 6.07) is 22.1. The van der Waals surface area contributed by atoms with E-state index in [1.54, 1.807) is 29.2 Å². The molecule has 0 radical (unpaired) electrons. The molecule has 7 heteroatoms. The van der Waals surface area contributed by atoms with E-state index in [0.717, 1.165) is 15.6 Å². The van der Waals surface area contributed by atoms with E-state index < -0.39 is 5.97 Å². The van der Waals surface area contributed by atoms with E-state index >= 15 is 0 Å². The van der Waals surface area contributed by atoms with Crippen LogP contribution in [-0.2, 0) is 22.5 Å². The zero-order valence-corrected chi connectivity index (χ0v) is 19.0. The molecule has 3 aromatic carbocycles. The van der Waals surface area contributed by atoms with Gasteiger partial charge in [-0.1, -0.05) is 58.4 Å². The van der Waals surface area contributed by atoms with Gasteiger partial charge < -0.3 is 14.6 Å². The molecule has 1 aliphatic rings. The van der Waals surface area contributed by atoms with Gasteiger partial charge in [0.1, 0.15) is 17.6 Å². The fourth-order valence-corrected chi connectivity index (χ4v) is 4.19. The molecule has 32 heavy (non-hydrogen) atoms. The third kappa shape index (κ3) is 4.94. The number of benzene rings is 3. The largest absolute Gasteiger partial charge is 0.481 e. The van der Waals surface area contributed by atoms with Crippen molar-refractivity contribution in [3.63, 3.8) is 0 Å². The number of carbonyl (C=O) groups excluding carboxylic acids is 1. The normalized spacial score (nSPS) is 17.8. The number of cyclic esters (lactones) is 1. The molecular weight excluding hydrogens is 474 g/mol. The Bertz CT molecular complexity index is 1130. The lowest BCUT2D eigenvalue weighted by Crippen LogP contribution is -2.31. The SMILES string of the molecule is CC1C(c2ccccc2)OC(=O)N1Cc1cc(Br)ccc1Oc1cccc(CC(=O)O)c1. The van der Waals surface area contributed by atoms with Crippen molar-refractivity contribution in [2.45, 2.75) is 32.0 Å². The van der Waals surface area contributed by atoms with Gasteiger partial charge in [-0.25, -0.2) is 4.79 Å². The molecule has 2 atom stereocenters. The first-order valence-corrected chi connectivity index (χ1v) is 11.0. The molecule has 1 aliphatic heterocycles. The van der Waals surface area contributed by atoms with E-state index in [9.17, 15) is 9.59 Å². The number of amides is 1. The number of carboxylic acids is 1. The number of ether oxygens (including phenoxy) is 2. The van der Waals surface area contributed by atoms with Crippen molar-refractivity contribution in [3.05, 3.63) is 94.0 Å². The van der Waals surface area contributed by atoms with Gasteiger partial charge in [0.05, 0.1) is 19.0 Å². The maximum Gasteiger partial charge on any atom is 0.411 e. The second-order valence-electron chi connectivity index (χ2n) is 7.66. The molecule has 0 saturated carbocycles. The lowest BCUT2D eigenvalue weighted by Gasteiger charge is -2.22. The summed E-state index contributed by atoms with van der Waals surface area (Å²) >= 11 is 3.49. The third-order valence-corrected chi connectivity index (χ3v) is 5.86. The lowest BCUT2D eigenvalue weighted by molar-refractivity contribution is -0.136. The third-order valence-electron chi connectivity index (χ3n) is 5.36. The van der Waals surface area contributed by atoms with Crippen molar-refractivity contribution in [1.82, 2.24) is 4.90 Å². The van der Waals surface area contributed by atoms with Crippen LogP contribution >= 0.6 is 15.9 Å². The van der Waals surface area contributed by atoms with E-state index in [2.05, 4.69) is 15.9 Å². The zero-order valence-electron chi connectivity index (χ0n) is 17.4. The number of rotatable bonds is 7. The fourth-order valence-electron chi connectivity index (χ4n) is 3.78. The highest BCUT2D eigenvalue weighted by Gasteiger charge is 2.39. The van der Waals surface area contributed by atoms with Crippen LogP contribution < -0.4 is 4.74 Å². The molecule has 0 aliphatic carbocycles. The predicted octanol–water partition coefficient (Wildman–Crippen LogP) is 5.95. The highest BCUT2D eigenvalue weighted by atomic mass is 79.9. The minimum atomic E-state index is -0.902. The first-order chi connectivity index (χ1) is 15.4. The van der Waals surface area contributed by atoms with Crippen LogP contribution in [0.2, 0.25) is 0 Å². The van der Waals surface area contributed by atoms with Gasteiger partial charge in [-0.15, -0.1) is 0 Å². The van der Waals surface area contributed by atoms with Crippen LogP contribution in [-0.4, -0.2) is 28.1 Å². The first-order valence-electron chi connectivity index (χ1n) is 10.2. The van der Waals surface area contributed by atoms with Gasteiger partial charge in [0, 0.05) is 10.0 Å². The van der Waals surface area contributed by atoms with Crippen molar-refractivity contribution in [2.75, 3.05) is 0 Å². The fraction of sp³-hybridized carbons (Fsp3) is 0.200. The molecule has 164 valence electrons. The minimum Gasteiger partial charge on any atom is -0.481 e. The predicted molar refractivity (Wildman–Crippen MR) is 123 cm³/mol. The minimum absolute atomic E-state index is 0.0809. The summed E-state index contributed by atoms with van der Waals surface area (Å²) in [6.45, 7) is 2.28. The Morgan fingerprint density at radius 3 is 2.62 bits per heavy atom. The number of hydrogen-bond acceptors (Lipinski definition) is 4. The van der Waals surface area contributed by atoms with Gasteiger partial charge in [0.2, 0.25) is 0 Å². The smallest absolute Gasteiger partial charge is 0.411 e. The Labute approximate surface area is 194 Å². The summed E-state index contributed by atoms with van der Waals surface area (Å²) in [5.74, 6) is 0.219. The summed E-state index contributed by atoms with van der Waals surface area (Å²) in [5.41, 5.74) is 2.41. The summed E-state index contributed by atoms with van der Waals surface area (Å²) in [4.78, 5) is 25.4. The molecule has 1 N–H and O–H groups in total. The number of aliphatic carboxylic acids is 1. The van der Waals surface area contributed by atoms with Gasteiger partial charge in [0.15, 0.2) is 0 Å². The van der Waals surface area contributed by atoms with E-state index in [4.69, 9.17) is 14.6 Å². The second-order valence-corrected chi connectivity index (χ2v) is 8.57. The molecule has 0 spiro atoms. The lowest BCUT2D eigenvalue weighted by atomic mass is 10.0. The van der Waals surface area contributed by atoms with Crippen molar-refractivity contribution < 1.29 is 24.2 Å². The number of hydrogen-bond donors (Lipinski definition) is 1. The molecule has 1 saturated heterocycles. The average Bonchev–Trinajstić information content (AvgIpc) is 3.04. The molecule has 2 unspecified atom stereocenters. The van der Waals surface area contributed by atoms with Crippen LogP contribution in [0.15, 0.2) is 77.3 Å². The van der Waals surface area contributed by atoms with Crippen molar-refractivity contribution in [2.24, 2.45) is 0 Å². The zero-order chi connectivity index (χ0) is 22.7. The Morgan fingerprint density at radius 1 is 1.09 bits per heavy atom. The molecule has 1 fully saturated rings. The van der Waals surface area contributed by atoms with Crippen LogP contribution in [0.5, 0.6) is 11.5 Å². The van der Waals surface area contributed by atoms with Crippen LogP contribution in [0.25, 0.3) is 0 Å². The molecule has 0 aromatic heterocycles. The molecule has 6 nitrogen and oxygen atoms in total. The van der Waals surface area contributed by atoms with Gasteiger partial charge in [-0.05, 0) is 48.4 Å². The van der Waals surface area contributed by atoms with Crippen LogP contribution in [0.3, 0.4) is 0 Å². The highest BCUT2D eigenvalue weighted by molar-refractivity contribution is 9.10. The molecule has 4 rings (SSSR count). The van der Waals surface area contributed by atoms with Gasteiger partial charge in [-0.3, -0.25) is 9.69 Å². The first kappa shape index (κ1) is 21.9. The summed E-state index contributed by atoms with van der Waals surface area (Å²) in [7, 11) is 0. The quantitative estimate of drug-likeness (QED) is 0.438. The molecule has 0 bridgehead atoms. The number of halogens is 1. The maximum atomic E-state index is 12.7. The summed E-state index contributed by atoms with van der Waals surface area (Å²) < 4.78 is 12.6. The molecule has 3 aromatic rings. The van der Waals surface area contributed by atoms with Crippen molar-refractivity contribution in [1.29, 1.82) is 0 Å². The van der Waals surface area contributed by atoms with Gasteiger partial charge in [-0.2, -0.15) is 0 Å². The van der Waals surface area contributed by atoms with Gasteiger partial charge in [0.25, 0.3) is 0 Å². The topological polar surface area (TPSA) is 76.1 Å². The number of nitrogens with zero attached hydrogens (tertiary/aromatic N) is 1. The highest BCUT2D eigenvalue weighted by Crippen LogP contribution is 2.36. The Kier molecular flexibility index (Phi) is 6.46. The van der Waals surface area contributed by atoms with Crippen molar-refractivity contribution >= 4 is 28.0 Å². The number of carboxylic acid groups (broad SMARTS) is 1. The van der Waals surface area contributed by atoms with E-state index in [1.165, 1.54) is 0 Å². The Morgan fingerprint density at radius 2 is 1.88 bits per heavy atom. The summed E-state index contributed by atoms with van der Waals surface area (Å²) in [6.07, 6.45) is -0.795. The summed E-state index contributed by atoms with van der Waals surface area (Å²) in [5, 5.41) is 9.04.